The highest BCUT2D eigenvalue weighted by molar-refractivity contribution is 5.97. The van der Waals surface area contributed by atoms with Crippen LogP contribution in [0.2, 0.25) is 0 Å². The molecule has 0 unspecified atom stereocenters. The maximum absolute atomic E-state index is 12.2. The minimum Gasteiger partial charge on any atom is -0.481 e. The molecule has 0 bridgehead atoms. The van der Waals surface area contributed by atoms with Crippen molar-refractivity contribution < 1.29 is 19.1 Å². The lowest BCUT2D eigenvalue weighted by Crippen LogP contribution is -2.47. The SMILES string of the molecule is CC(C)c1ccc(O[C@@H](C)C(=O)NNC(=O)c2ccc(NC(=O)C3CC3)cc2)cc1. The maximum Gasteiger partial charge on any atom is 0.279 e. The molecule has 1 atom stereocenters. The van der Waals surface area contributed by atoms with Crippen LogP contribution in [0, 0.1) is 5.92 Å². The van der Waals surface area contributed by atoms with Crippen molar-refractivity contribution in [3.63, 3.8) is 0 Å². The Morgan fingerprint density at radius 3 is 2.10 bits per heavy atom. The molecule has 1 aliphatic carbocycles. The molecule has 7 heteroatoms. The second-order valence-corrected chi connectivity index (χ2v) is 7.77. The van der Waals surface area contributed by atoms with Crippen LogP contribution < -0.4 is 20.9 Å². The van der Waals surface area contributed by atoms with E-state index in [4.69, 9.17) is 4.74 Å². The molecule has 2 aromatic rings. The number of carbonyl (C=O) groups excluding carboxylic acids is 3. The summed E-state index contributed by atoms with van der Waals surface area (Å²) in [6.07, 6.45) is 1.07. The van der Waals surface area contributed by atoms with Gasteiger partial charge in [0.25, 0.3) is 11.8 Å². The summed E-state index contributed by atoms with van der Waals surface area (Å²) in [5.41, 5.74) is 6.92. The van der Waals surface area contributed by atoms with Gasteiger partial charge in [-0.3, -0.25) is 25.2 Å². The summed E-state index contributed by atoms with van der Waals surface area (Å²) in [7, 11) is 0. The normalized spacial score (nSPS) is 14.0. The van der Waals surface area contributed by atoms with Gasteiger partial charge in [-0.25, -0.2) is 0 Å². The molecule has 3 amide bonds. The van der Waals surface area contributed by atoms with Crippen molar-refractivity contribution in [3.05, 3.63) is 59.7 Å². The van der Waals surface area contributed by atoms with E-state index in [0.29, 0.717) is 22.9 Å². The summed E-state index contributed by atoms with van der Waals surface area (Å²) in [6, 6.07) is 14.0. The van der Waals surface area contributed by atoms with Gasteiger partial charge in [-0.05, 0) is 67.6 Å². The minimum absolute atomic E-state index is 0.00676. The second-order valence-electron chi connectivity index (χ2n) is 7.77. The maximum atomic E-state index is 12.2. The first-order chi connectivity index (χ1) is 14.3. The van der Waals surface area contributed by atoms with Crippen molar-refractivity contribution in [3.8, 4) is 5.75 Å². The Labute approximate surface area is 176 Å². The number of carbonyl (C=O) groups is 3. The van der Waals surface area contributed by atoms with Gasteiger partial charge < -0.3 is 10.1 Å². The number of hydrazine groups is 1. The zero-order valence-electron chi connectivity index (χ0n) is 17.4. The standard InChI is InChI=1S/C23H27N3O4/c1-14(2)16-8-12-20(13-9-16)30-15(3)21(27)25-26-23(29)18-6-10-19(11-7-18)24-22(28)17-4-5-17/h6-15,17H,4-5H2,1-3H3,(H,24,28)(H,25,27)(H,26,29)/t15-/m0/s1. The molecule has 0 radical (unpaired) electrons. The molecule has 1 saturated carbocycles. The lowest BCUT2D eigenvalue weighted by atomic mass is 10.0. The fourth-order valence-electron chi connectivity index (χ4n) is 2.78. The molecule has 158 valence electrons. The smallest absolute Gasteiger partial charge is 0.279 e. The summed E-state index contributed by atoms with van der Waals surface area (Å²) < 4.78 is 5.62. The molecule has 2 aromatic carbocycles. The van der Waals surface area contributed by atoms with Crippen molar-refractivity contribution in [2.75, 3.05) is 5.32 Å². The Morgan fingerprint density at radius 1 is 0.900 bits per heavy atom. The molecule has 0 aromatic heterocycles. The number of anilines is 1. The summed E-state index contributed by atoms with van der Waals surface area (Å²) in [5.74, 6) is 0.185. The monoisotopic (exact) mass is 409 g/mol. The first kappa shape index (κ1) is 21.4. The van der Waals surface area contributed by atoms with Gasteiger partial charge in [0, 0.05) is 17.2 Å². The average Bonchev–Trinajstić information content (AvgIpc) is 3.58. The Hall–Kier alpha value is -3.35. The van der Waals surface area contributed by atoms with E-state index in [9.17, 15) is 14.4 Å². The second kappa shape index (κ2) is 9.43. The van der Waals surface area contributed by atoms with E-state index in [2.05, 4.69) is 30.0 Å². The molecule has 0 spiro atoms. The van der Waals surface area contributed by atoms with Gasteiger partial charge in [-0.15, -0.1) is 0 Å². The molecule has 0 heterocycles. The fourth-order valence-corrected chi connectivity index (χ4v) is 2.78. The number of hydrogen-bond acceptors (Lipinski definition) is 4. The number of nitrogens with one attached hydrogen (secondary N) is 3. The van der Waals surface area contributed by atoms with Crippen LogP contribution in [0.15, 0.2) is 48.5 Å². The third-order valence-electron chi connectivity index (χ3n) is 4.89. The lowest BCUT2D eigenvalue weighted by molar-refractivity contribution is -0.128. The van der Waals surface area contributed by atoms with Crippen LogP contribution in [0.3, 0.4) is 0 Å². The van der Waals surface area contributed by atoms with Crippen molar-refractivity contribution >= 4 is 23.4 Å². The zero-order chi connectivity index (χ0) is 21.7. The molecular weight excluding hydrogens is 382 g/mol. The largest absolute Gasteiger partial charge is 0.481 e. The highest BCUT2D eigenvalue weighted by atomic mass is 16.5. The van der Waals surface area contributed by atoms with E-state index in [-0.39, 0.29) is 11.8 Å². The molecule has 7 nitrogen and oxygen atoms in total. The van der Waals surface area contributed by atoms with Crippen LogP contribution in [-0.2, 0) is 9.59 Å². The molecule has 30 heavy (non-hydrogen) atoms. The summed E-state index contributed by atoms with van der Waals surface area (Å²) >= 11 is 0. The topological polar surface area (TPSA) is 96.5 Å². The molecule has 0 aliphatic heterocycles. The Morgan fingerprint density at radius 2 is 1.53 bits per heavy atom. The number of ether oxygens (including phenoxy) is 1. The van der Waals surface area contributed by atoms with Crippen LogP contribution in [0.4, 0.5) is 5.69 Å². The van der Waals surface area contributed by atoms with Crippen molar-refractivity contribution in [1.82, 2.24) is 10.9 Å². The predicted molar refractivity (Wildman–Crippen MR) is 114 cm³/mol. The van der Waals surface area contributed by atoms with Gasteiger partial charge in [0.2, 0.25) is 5.91 Å². The predicted octanol–water partition coefficient (Wildman–Crippen LogP) is 3.39. The highest BCUT2D eigenvalue weighted by Gasteiger charge is 2.29. The first-order valence-corrected chi connectivity index (χ1v) is 10.1. The number of amides is 3. The molecule has 3 N–H and O–H groups in total. The van der Waals surface area contributed by atoms with Crippen LogP contribution in [0.5, 0.6) is 5.75 Å². The van der Waals surface area contributed by atoms with E-state index in [0.717, 1.165) is 12.8 Å². The molecule has 1 fully saturated rings. The van der Waals surface area contributed by atoms with Crippen molar-refractivity contribution in [1.29, 1.82) is 0 Å². The van der Waals surface area contributed by atoms with Gasteiger partial charge >= 0.3 is 0 Å². The van der Waals surface area contributed by atoms with Crippen LogP contribution in [-0.4, -0.2) is 23.8 Å². The minimum atomic E-state index is -0.782. The van der Waals surface area contributed by atoms with Gasteiger partial charge in [0.1, 0.15) is 5.75 Å². The molecule has 3 rings (SSSR count). The molecule has 0 saturated heterocycles. The van der Waals surface area contributed by atoms with Gasteiger partial charge in [0.05, 0.1) is 0 Å². The fraction of sp³-hybridized carbons (Fsp3) is 0.348. The lowest BCUT2D eigenvalue weighted by Gasteiger charge is -2.16. The van der Waals surface area contributed by atoms with Crippen LogP contribution in [0.1, 0.15) is 55.5 Å². The quantitative estimate of drug-likeness (QED) is 0.611. The number of rotatable bonds is 7. The molecule has 1 aliphatic rings. The van der Waals surface area contributed by atoms with Crippen LogP contribution >= 0.6 is 0 Å². The van der Waals surface area contributed by atoms with Crippen LogP contribution in [0.25, 0.3) is 0 Å². The van der Waals surface area contributed by atoms with E-state index in [1.165, 1.54) is 5.56 Å². The summed E-state index contributed by atoms with van der Waals surface area (Å²) in [6.45, 7) is 5.81. The third-order valence-corrected chi connectivity index (χ3v) is 4.89. The summed E-state index contributed by atoms with van der Waals surface area (Å²) in [5, 5.41) is 2.81. The third kappa shape index (κ3) is 5.83. The number of benzene rings is 2. The van der Waals surface area contributed by atoms with Crippen molar-refractivity contribution in [2.24, 2.45) is 5.92 Å². The van der Waals surface area contributed by atoms with Crippen molar-refractivity contribution in [2.45, 2.75) is 45.6 Å². The summed E-state index contributed by atoms with van der Waals surface area (Å²) in [4.78, 5) is 36.2. The van der Waals surface area contributed by atoms with Gasteiger partial charge in [-0.2, -0.15) is 0 Å². The van der Waals surface area contributed by atoms with Gasteiger partial charge in [0.15, 0.2) is 6.10 Å². The Balaban J connectivity index is 1.46. The van der Waals surface area contributed by atoms with Gasteiger partial charge in [-0.1, -0.05) is 26.0 Å². The zero-order valence-corrected chi connectivity index (χ0v) is 17.4. The Bertz CT molecular complexity index is 903. The van der Waals surface area contributed by atoms with E-state index >= 15 is 0 Å². The Kier molecular flexibility index (Phi) is 6.72. The van der Waals surface area contributed by atoms with E-state index in [1.54, 1.807) is 31.2 Å². The molecular formula is C23H27N3O4. The average molecular weight is 409 g/mol. The number of hydrogen-bond donors (Lipinski definition) is 3. The van der Waals surface area contributed by atoms with E-state index < -0.39 is 17.9 Å². The first-order valence-electron chi connectivity index (χ1n) is 10.1. The highest BCUT2D eigenvalue weighted by Crippen LogP contribution is 2.30. The van der Waals surface area contributed by atoms with E-state index in [1.807, 2.05) is 24.3 Å².